The summed E-state index contributed by atoms with van der Waals surface area (Å²) in [5.74, 6) is 0. The summed E-state index contributed by atoms with van der Waals surface area (Å²) in [7, 11) is -3.67. The van der Waals surface area contributed by atoms with Crippen molar-refractivity contribution in [2.75, 3.05) is 52.6 Å². The number of benzene rings is 3. The molecule has 3 aromatic rings. The van der Waals surface area contributed by atoms with Crippen LogP contribution >= 0.6 is 0 Å². The van der Waals surface area contributed by atoms with Crippen LogP contribution in [-0.2, 0) is 19.5 Å². The van der Waals surface area contributed by atoms with E-state index in [1.54, 1.807) is 36.7 Å². The predicted octanol–water partition coefficient (Wildman–Crippen LogP) is 4.26. The number of nitrogens with zero attached hydrogens (tertiary/aromatic N) is 3. The third-order valence-electron chi connectivity index (χ3n) is 5.44. The van der Waals surface area contributed by atoms with Crippen LogP contribution in [0, 0.1) is 6.92 Å². The molecule has 0 aliphatic heterocycles. The van der Waals surface area contributed by atoms with Crippen LogP contribution in [0.1, 0.15) is 16.7 Å². The van der Waals surface area contributed by atoms with Gasteiger partial charge in [0.15, 0.2) is 0 Å². The van der Waals surface area contributed by atoms with Gasteiger partial charge >= 0.3 is 0 Å². The fourth-order valence-corrected chi connectivity index (χ4v) is 4.81. The third-order valence-corrected chi connectivity index (χ3v) is 7.35. The summed E-state index contributed by atoms with van der Waals surface area (Å²) in [5.41, 5.74) is 3.07. The Labute approximate surface area is 220 Å². The van der Waals surface area contributed by atoms with Crippen molar-refractivity contribution in [1.29, 1.82) is 0 Å². The van der Waals surface area contributed by atoms with E-state index in [0.717, 1.165) is 16.7 Å². The Kier molecular flexibility index (Phi) is 12.2. The zero-order chi connectivity index (χ0) is 26.2. The molecule has 196 valence electrons. The molecule has 0 saturated carbocycles. The zero-order valence-electron chi connectivity index (χ0n) is 21.3. The number of hydrogen-bond donors (Lipinski definition) is 0. The number of rotatable bonds is 16. The minimum atomic E-state index is -3.67. The van der Waals surface area contributed by atoms with Crippen molar-refractivity contribution >= 4 is 22.5 Å². The van der Waals surface area contributed by atoms with Gasteiger partial charge in [-0.2, -0.15) is 4.31 Å². The van der Waals surface area contributed by atoms with Crippen LogP contribution in [0.25, 0.3) is 0 Å². The first-order chi connectivity index (χ1) is 18.1. The van der Waals surface area contributed by atoms with E-state index >= 15 is 0 Å². The van der Waals surface area contributed by atoms with E-state index in [4.69, 9.17) is 9.47 Å². The summed E-state index contributed by atoms with van der Waals surface area (Å²) in [6, 6.07) is 26.6. The molecule has 0 spiro atoms. The summed E-state index contributed by atoms with van der Waals surface area (Å²) in [6.45, 7) is 4.77. The molecule has 3 rings (SSSR count). The Morgan fingerprint density at radius 3 is 1.59 bits per heavy atom. The maximum Gasteiger partial charge on any atom is 0.243 e. The van der Waals surface area contributed by atoms with Crippen molar-refractivity contribution in [3.63, 3.8) is 0 Å². The molecule has 0 heterocycles. The molecule has 0 atom stereocenters. The van der Waals surface area contributed by atoms with Crippen LogP contribution in [0.15, 0.2) is 99.8 Å². The van der Waals surface area contributed by atoms with Gasteiger partial charge in [-0.25, -0.2) is 8.42 Å². The molecule has 0 radical (unpaired) electrons. The van der Waals surface area contributed by atoms with Gasteiger partial charge in [-0.15, -0.1) is 0 Å². The fourth-order valence-electron chi connectivity index (χ4n) is 3.40. The minimum Gasteiger partial charge on any atom is -0.378 e. The Balaban J connectivity index is 1.45. The van der Waals surface area contributed by atoms with Gasteiger partial charge in [0.05, 0.1) is 44.4 Å². The van der Waals surface area contributed by atoms with Crippen LogP contribution in [0.2, 0.25) is 0 Å². The number of aliphatic imine (C=N–C) groups is 2. The van der Waals surface area contributed by atoms with E-state index in [2.05, 4.69) is 9.98 Å². The third kappa shape index (κ3) is 10.4. The first kappa shape index (κ1) is 28.4. The monoisotopic (exact) mass is 521 g/mol. The Morgan fingerprint density at radius 2 is 1.14 bits per heavy atom. The first-order valence-electron chi connectivity index (χ1n) is 12.4. The highest BCUT2D eigenvalue weighted by atomic mass is 32.2. The van der Waals surface area contributed by atoms with Crippen LogP contribution in [0.5, 0.6) is 0 Å². The average Bonchev–Trinajstić information content (AvgIpc) is 2.92. The van der Waals surface area contributed by atoms with Crippen LogP contribution in [0.4, 0.5) is 0 Å². The van der Waals surface area contributed by atoms with E-state index in [1.165, 1.54) is 4.31 Å². The van der Waals surface area contributed by atoms with Gasteiger partial charge in [-0.05, 0) is 30.2 Å². The van der Waals surface area contributed by atoms with Crippen molar-refractivity contribution < 1.29 is 17.9 Å². The van der Waals surface area contributed by atoms with E-state index in [1.807, 2.05) is 67.6 Å². The number of hydrogen-bond acceptors (Lipinski definition) is 6. The summed E-state index contributed by atoms with van der Waals surface area (Å²) >= 11 is 0. The Morgan fingerprint density at radius 1 is 0.676 bits per heavy atom. The topological polar surface area (TPSA) is 80.6 Å². The highest BCUT2D eigenvalue weighted by Gasteiger charge is 2.24. The van der Waals surface area contributed by atoms with Crippen LogP contribution in [0.3, 0.4) is 0 Å². The molecular formula is C29H35N3O4S. The van der Waals surface area contributed by atoms with Gasteiger partial charge in [0.25, 0.3) is 0 Å². The lowest BCUT2D eigenvalue weighted by atomic mass is 10.2. The maximum atomic E-state index is 13.3. The largest absolute Gasteiger partial charge is 0.378 e. The van der Waals surface area contributed by atoms with E-state index < -0.39 is 10.0 Å². The lowest BCUT2D eigenvalue weighted by Crippen LogP contribution is -2.37. The highest BCUT2D eigenvalue weighted by molar-refractivity contribution is 7.89. The first-order valence-corrected chi connectivity index (χ1v) is 13.8. The smallest absolute Gasteiger partial charge is 0.243 e. The molecule has 0 bridgehead atoms. The van der Waals surface area contributed by atoms with Crippen molar-refractivity contribution in [2.24, 2.45) is 9.98 Å². The van der Waals surface area contributed by atoms with Gasteiger partial charge in [-0.3, -0.25) is 9.98 Å². The van der Waals surface area contributed by atoms with Gasteiger partial charge in [0.2, 0.25) is 10.0 Å². The van der Waals surface area contributed by atoms with Crippen molar-refractivity contribution in [3.8, 4) is 0 Å². The van der Waals surface area contributed by atoms with Crippen molar-refractivity contribution in [3.05, 3.63) is 102 Å². The summed E-state index contributed by atoms with van der Waals surface area (Å²) in [5, 5.41) is 0. The van der Waals surface area contributed by atoms with Crippen LogP contribution in [-0.4, -0.2) is 77.8 Å². The molecule has 0 aliphatic rings. The number of sulfonamides is 1. The SMILES string of the molecule is Cc1ccc(S(=O)(=O)N(CCOCCN=Cc2ccccc2)CCOCCN=Cc2ccccc2)cc1. The lowest BCUT2D eigenvalue weighted by molar-refractivity contribution is 0.106. The van der Waals surface area contributed by atoms with Gasteiger partial charge in [0, 0.05) is 25.5 Å². The predicted molar refractivity (Wildman–Crippen MR) is 149 cm³/mol. The highest BCUT2D eigenvalue weighted by Crippen LogP contribution is 2.16. The quantitative estimate of drug-likeness (QED) is 0.208. The second kappa shape index (κ2) is 15.8. The Hall–Kier alpha value is -3.17. The molecule has 8 heteroatoms. The standard InChI is InChI=1S/C29H35N3O4S/c1-26-12-14-29(15-13-26)37(33,34)32(18-22-35-20-16-30-24-27-8-4-2-5-9-27)19-23-36-21-17-31-25-28-10-6-3-7-11-28/h2-15,24-25H,16-23H2,1H3. The van der Waals surface area contributed by atoms with Gasteiger partial charge in [0.1, 0.15) is 0 Å². The summed E-state index contributed by atoms with van der Waals surface area (Å²) in [4.78, 5) is 8.97. The summed E-state index contributed by atoms with van der Waals surface area (Å²) in [6.07, 6.45) is 3.61. The molecule has 0 aliphatic carbocycles. The minimum absolute atomic E-state index is 0.230. The average molecular weight is 522 g/mol. The molecular weight excluding hydrogens is 486 g/mol. The molecule has 0 N–H and O–H groups in total. The van der Waals surface area contributed by atoms with Crippen LogP contribution < -0.4 is 0 Å². The van der Waals surface area contributed by atoms with Crippen molar-refractivity contribution in [2.45, 2.75) is 11.8 Å². The van der Waals surface area contributed by atoms with Gasteiger partial charge < -0.3 is 9.47 Å². The molecule has 3 aromatic carbocycles. The maximum absolute atomic E-state index is 13.3. The fraction of sp³-hybridized carbons (Fsp3) is 0.310. The molecule has 0 unspecified atom stereocenters. The molecule has 37 heavy (non-hydrogen) atoms. The molecule has 0 amide bonds. The molecule has 0 saturated heterocycles. The van der Waals surface area contributed by atoms with Crippen molar-refractivity contribution in [1.82, 2.24) is 4.31 Å². The van der Waals surface area contributed by atoms with E-state index in [-0.39, 0.29) is 31.2 Å². The van der Waals surface area contributed by atoms with Gasteiger partial charge in [-0.1, -0.05) is 78.4 Å². The molecule has 7 nitrogen and oxygen atoms in total. The normalized spacial score (nSPS) is 12.2. The number of ether oxygens (including phenoxy) is 2. The van der Waals surface area contributed by atoms with E-state index in [9.17, 15) is 8.42 Å². The molecule has 0 aromatic heterocycles. The Bertz CT molecular complexity index is 1140. The second-order valence-electron chi connectivity index (χ2n) is 8.33. The number of aryl methyl sites for hydroxylation is 1. The zero-order valence-corrected chi connectivity index (χ0v) is 22.1. The summed E-state index contributed by atoms with van der Waals surface area (Å²) < 4.78 is 39.3. The molecule has 0 fully saturated rings. The van der Waals surface area contributed by atoms with E-state index in [0.29, 0.717) is 26.3 Å². The second-order valence-corrected chi connectivity index (χ2v) is 10.3. The lowest BCUT2D eigenvalue weighted by Gasteiger charge is -2.22.